The van der Waals surface area contributed by atoms with E-state index < -0.39 is 0 Å². The Hall–Kier alpha value is -0.730. The van der Waals surface area contributed by atoms with E-state index in [9.17, 15) is 4.79 Å². The van der Waals surface area contributed by atoms with Crippen molar-refractivity contribution in [3.8, 4) is 0 Å². The molecule has 8 heteroatoms. The van der Waals surface area contributed by atoms with Crippen molar-refractivity contribution in [2.24, 2.45) is 10.9 Å². The molecule has 1 amide bonds. The lowest BCUT2D eigenvalue weighted by Crippen LogP contribution is -2.51. The van der Waals surface area contributed by atoms with Crippen LogP contribution in [-0.2, 0) is 0 Å². The lowest BCUT2D eigenvalue weighted by atomic mass is 9.94. The van der Waals surface area contributed by atoms with Gasteiger partial charge in [-0.05, 0) is 46.5 Å². The van der Waals surface area contributed by atoms with E-state index in [-0.39, 0.29) is 16.5 Å². The first-order chi connectivity index (χ1) is 9.54. The Morgan fingerprint density at radius 2 is 2.25 bits per heavy atom. The van der Waals surface area contributed by atoms with E-state index in [1.807, 2.05) is 22.6 Å². The summed E-state index contributed by atoms with van der Waals surface area (Å²) < 4.78 is 0.476. The number of oxime groups is 1. The fraction of sp³-hybridized carbons (Fsp3) is 0.500. The van der Waals surface area contributed by atoms with Crippen molar-refractivity contribution in [2.75, 3.05) is 19.3 Å². The third kappa shape index (κ3) is 2.82. The molecule has 0 atom stereocenters. The summed E-state index contributed by atoms with van der Waals surface area (Å²) in [5.41, 5.74) is 5.80. The summed E-state index contributed by atoms with van der Waals surface area (Å²) in [4.78, 5) is 15.0. The molecule has 1 aliphatic heterocycles. The molecule has 0 aliphatic carbocycles. The summed E-state index contributed by atoms with van der Waals surface area (Å²) in [5, 5.41) is 14.0. The molecule has 0 bridgehead atoms. The van der Waals surface area contributed by atoms with Crippen molar-refractivity contribution < 1.29 is 10.0 Å². The Morgan fingerprint density at radius 3 is 2.70 bits per heavy atom. The summed E-state index contributed by atoms with van der Waals surface area (Å²) >= 11 is 6.41. The lowest BCUT2D eigenvalue weighted by Gasteiger charge is -2.39. The van der Waals surface area contributed by atoms with Gasteiger partial charge in [-0.15, -0.1) is 11.3 Å². The molecule has 1 aliphatic rings. The second-order valence-corrected chi connectivity index (χ2v) is 7.53. The fourth-order valence-corrected chi connectivity index (χ4v) is 4.67. The standard InChI is InChI=1S/C12H16BrN3O2S2/c1-19-12(11(14)15-18)3-5-16(6-4-12)10(17)9-8(13)2-7-20-9/h2,7,18H,3-6H2,1H3,(H2,14,15). The number of nitrogens with zero attached hydrogens (tertiary/aromatic N) is 2. The molecule has 1 saturated heterocycles. The minimum atomic E-state index is -0.363. The van der Waals surface area contributed by atoms with E-state index in [2.05, 4.69) is 21.1 Å². The van der Waals surface area contributed by atoms with Gasteiger partial charge in [0.25, 0.3) is 5.91 Å². The highest BCUT2D eigenvalue weighted by atomic mass is 79.9. The van der Waals surface area contributed by atoms with Crippen LogP contribution in [0.3, 0.4) is 0 Å². The number of likely N-dealkylation sites (tertiary alicyclic amines) is 1. The van der Waals surface area contributed by atoms with Gasteiger partial charge >= 0.3 is 0 Å². The molecular formula is C12H16BrN3O2S2. The summed E-state index contributed by atoms with van der Waals surface area (Å²) in [6.45, 7) is 1.22. The first kappa shape index (κ1) is 15.7. The highest BCUT2D eigenvalue weighted by Crippen LogP contribution is 2.36. The maximum Gasteiger partial charge on any atom is 0.265 e. The summed E-state index contributed by atoms with van der Waals surface area (Å²) in [6, 6.07) is 1.88. The first-order valence-corrected chi connectivity index (χ1v) is 8.99. The van der Waals surface area contributed by atoms with Gasteiger partial charge in [0.05, 0.1) is 4.75 Å². The highest BCUT2D eigenvalue weighted by molar-refractivity contribution is 9.10. The van der Waals surface area contributed by atoms with E-state index >= 15 is 0 Å². The van der Waals surface area contributed by atoms with Crippen LogP contribution in [0.2, 0.25) is 0 Å². The van der Waals surface area contributed by atoms with E-state index in [1.165, 1.54) is 11.3 Å². The number of amides is 1. The van der Waals surface area contributed by atoms with Gasteiger partial charge in [-0.2, -0.15) is 11.8 Å². The molecule has 1 aromatic rings. The molecule has 1 fully saturated rings. The molecule has 0 spiro atoms. The monoisotopic (exact) mass is 377 g/mol. The van der Waals surface area contributed by atoms with Crippen LogP contribution in [0.15, 0.2) is 21.1 Å². The van der Waals surface area contributed by atoms with Crippen molar-refractivity contribution in [3.63, 3.8) is 0 Å². The van der Waals surface area contributed by atoms with Gasteiger partial charge in [-0.1, -0.05) is 5.16 Å². The second kappa shape index (κ2) is 6.36. The Bertz CT molecular complexity index is 525. The SMILES string of the molecule is CSC1(C(N)=NO)CCN(C(=O)c2sccc2Br)CC1. The van der Waals surface area contributed by atoms with Crippen molar-refractivity contribution >= 4 is 50.8 Å². The maximum absolute atomic E-state index is 12.4. The number of rotatable bonds is 3. The number of nitrogens with two attached hydrogens (primary N) is 1. The quantitative estimate of drug-likeness (QED) is 0.367. The van der Waals surface area contributed by atoms with Crippen LogP contribution in [0.25, 0.3) is 0 Å². The molecular weight excluding hydrogens is 362 g/mol. The van der Waals surface area contributed by atoms with Crippen LogP contribution in [0.4, 0.5) is 0 Å². The van der Waals surface area contributed by atoms with Gasteiger partial charge in [-0.3, -0.25) is 4.79 Å². The van der Waals surface area contributed by atoms with Crippen molar-refractivity contribution in [3.05, 3.63) is 20.8 Å². The van der Waals surface area contributed by atoms with Crippen molar-refractivity contribution in [1.29, 1.82) is 0 Å². The Labute approximate surface area is 134 Å². The highest BCUT2D eigenvalue weighted by Gasteiger charge is 2.39. The Kier molecular flexibility index (Phi) is 4.98. The number of hydrogen-bond donors (Lipinski definition) is 2. The van der Waals surface area contributed by atoms with E-state index in [4.69, 9.17) is 10.9 Å². The third-order valence-corrected chi connectivity index (χ3v) is 6.86. The minimum absolute atomic E-state index is 0.0427. The third-order valence-electron chi connectivity index (χ3n) is 3.64. The number of piperidine rings is 1. The van der Waals surface area contributed by atoms with Crippen LogP contribution >= 0.6 is 39.0 Å². The number of thioether (sulfide) groups is 1. The summed E-state index contributed by atoms with van der Waals surface area (Å²) in [7, 11) is 0. The van der Waals surface area contributed by atoms with Gasteiger partial charge < -0.3 is 15.8 Å². The molecule has 110 valence electrons. The van der Waals surface area contributed by atoms with Crippen molar-refractivity contribution in [1.82, 2.24) is 4.90 Å². The zero-order valence-corrected chi connectivity index (χ0v) is 14.2. The number of carbonyl (C=O) groups is 1. The van der Waals surface area contributed by atoms with Crippen LogP contribution < -0.4 is 5.73 Å². The predicted molar refractivity (Wildman–Crippen MR) is 86.8 cm³/mol. The zero-order valence-electron chi connectivity index (χ0n) is 11.0. The molecule has 20 heavy (non-hydrogen) atoms. The van der Waals surface area contributed by atoms with Crippen LogP contribution in [0, 0.1) is 0 Å². The maximum atomic E-state index is 12.4. The molecule has 2 rings (SSSR count). The number of amidine groups is 1. The molecule has 5 nitrogen and oxygen atoms in total. The van der Waals surface area contributed by atoms with Crippen molar-refractivity contribution in [2.45, 2.75) is 17.6 Å². The Balaban J connectivity index is 2.08. The topological polar surface area (TPSA) is 78.9 Å². The van der Waals surface area contributed by atoms with E-state index in [0.717, 1.165) is 9.35 Å². The fourth-order valence-electron chi connectivity index (χ4n) is 2.32. The van der Waals surface area contributed by atoms with Gasteiger partial charge in [0, 0.05) is 17.6 Å². The number of hydrogen-bond acceptors (Lipinski definition) is 5. The minimum Gasteiger partial charge on any atom is -0.409 e. The Morgan fingerprint density at radius 1 is 1.60 bits per heavy atom. The largest absolute Gasteiger partial charge is 0.409 e. The van der Waals surface area contributed by atoms with Gasteiger partial charge in [0.15, 0.2) is 5.84 Å². The number of carbonyl (C=O) groups excluding carboxylic acids is 1. The van der Waals surface area contributed by atoms with Gasteiger partial charge in [0.2, 0.25) is 0 Å². The predicted octanol–water partition coefficient (Wildman–Crippen LogP) is 2.59. The molecule has 0 unspecified atom stereocenters. The molecule has 2 heterocycles. The second-order valence-electron chi connectivity index (χ2n) is 4.57. The molecule has 1 aromatic heterocycles. The zero-order chi connectivity index (χ0) is 14.8. The average Bonchev–Trinajstić information content (AvgIpc) is 2.91. The lowest BCUT2D eigenvalue weighted by molar-refractivity contribution is 0.0722. The average molecular weight is 378 g/mol. The molecule has 0 saturated carbocycles. The van der Waals surface area contributed by atoms with E-state index in [0.29, 0.717) is 25.9 Å². The van der Waals surface area contributed by atoms with E-state index in [1.54, 1.807) is 11.8 Å². The summed E-state index contributed by atoms with van der Waals surface area (Å²) in [6.07, 6.45) is 3.34. The smallest absolute Gasteiger partial charge is 0.265 e. The normalized spacial score (nSPS) is 19.1. The van der Waals surface area contributed by atoms with Crippen LogP contribution in [-0.4, -0.2) is 45.9 Å². The molecule has 0 radical (unpaired) electrons. The number of halogens is 1. The van der Waals surface area contributed by atoms with Crippen LogP contribution in [0.5, 0.6) is 0 Å². The molecule has 0 aromatic carbocycles. The molecule has 3 N–H and O–H groups in total. The summed E-state index contributed by atoms with van der Waals surface area (Å²) in [5.74, 6) is 0.287. The van der Waals surface area contributed by atoms with Gasteiger partial charge in [0.1, 0.15) is 4.88 Å². The van der Waals surface area contributed by atoms with Crippen LogP contribution in [0.1, 0.15) is 22.5 Å². The number of thiophene rings is 1. The van der Waals surface area contributed by atoms with Gasteiger partial charge in [-0.25, -0.2) is 0 Å². The first-order valence-electron chi connectivity index (χ1n) is 6.09.